The van der Waals surface area contributed by atoms with Crippen LogP contribution in [0.2, 0.25) is 0 Å². The second-order valence-electron chi connectivity index (χ2n) is 8.11. The van der Waals surface area contributed by atoms with E-state index in [9.17, 15) is 9.90 Å². The van der Waals surface area contributed by atoms with Gasteiger partial charge in [-0.05, 0) is 47.0 Å². The monoisotopic (exact) mass is 606 g/mol. The van der Waals surface area contributed by atoms with E-state index in [1.807, 2.05) is 78.9 Å². The molecule has 1 N–H and O–H groups in total. The summed E-state index contributed by atoms with van der Waals surface area (Å²) < 4.78 is 19.6. The van der Waals surface area contributed by atoms with Crippen LogP contribution < -0.4 is 14.9 Å². The van der Waals surface area contributed by atoms with Crippen molar-refractivity contribution in [3.05, 3.63) is 121 Å². The topological polar surface area (TPSA) is 68.9 Å². The zero-order valence-corrected chi connectivity index (χ0v) is 22.1. The van der Waals surface area contributed by atoms with Crippen molar-refractivity contribution in [1.29, 1.82) is 0 Å². The number of aromatic hydroxyl groups is 1. The van der Waals surface area contributed by atoms with Gasteiger partial charge in [0.1, 0.15) is 24.2 Å². The Kier molecular flexibility index (Phi) is 7.11. The first kappa shape index (κ1) is 24.2. The Morgan fingerprint density at radius 2 is 1.39 bits per heavy atom. The van der Waals surface area contributed by atoms with Gasteiger partial charge in [-0.2, -0.15) is 0 Å². The normalized spacial score (nSPS) is 10.9. The molecule has 5 aromatic rings. The predicted octanol–water partition coefficient (Wildman–Crippen LogP) is 7.85. The van der Waals surface area contributed by atoms with Gasteiger partial charge in [0.25, 0.3) is 5.95 Å². The van der Waals surface area contributed by atoms with E-state index < -0.39 is 5.43 Å². The fourth-order valence-corrected chi connectivity index (χ4v) is 4.77. The van der Waals surface area contributed by atoms with Crippen LogP contribution in [0, 0.1) is 0 Å². The summed E-state index contributed by atoms with van der Waals surface area (Å²) in [5, 5.41) is 11.2. The highest BCUT2D eigenvalue weighted by Crippen LogP contribution is 2.43. The first-order valence-electron chi connectivity index (χ1n) is 11.1. The lowest BCUT2D eigenvalue weighted by Crippen LogP contribution is -2.05. The maximum absolute atomic E-state index is 13.0. The number of fused-ring (bicyclic) bond motifs is 1. The largest absolute Gasteiger partial charge is 0.504 e. The summed E-state index contributed by atoms with van der Waals surface area (Å²) >= 11 is 6.90. The summed E-state index contributed by atoms with van der Waals surface area (Å²) in [6.45, 7) is 0.427. The van der Waals surface area contributed by atoms with Gasteiger partial charge in [-0.25, -0.2) is 0 Å². The number of benzene rings is 4. The first-order chi connectivity index (χ1) is 17.5. The Bertz CT molecular complexity index is 1600. The lowest BCUT2D eigenvalue weighted by atomic mass is 10.0. The molecule has 0 aliphatic rings. The highest BCUT2D eigenvalue weighted by molar-refractivity contribution is 9.10. The highest BCUT2D eigenvalue weighted by Gasteiger charge is 2.21. The number of halogens is 2. The van der Waals surface area contributed by atoms with Gasteiger partial charge in [0.2, 0.25) is 5.43 Å². The van der Waals surface area contributed by atoms with E-state index in [-0.39, 0.29) is 41.6 Å². The van der Waals surface area contributed by atoms with Crippen LogP contribution in [0.1, 0.15) is 11.1 Å². The molecule has 1 heterocycles. The molecule has 5 rings (SSSR count). The summed E-state index contributed by atoms with van der Waals surface area (Å²) in [4.78, 5) is 13.0. The van der Waals surface area contributed by atoms with Crippen molar-refractivity contribution in [2.75, 3.05) is 0 Å². The summed E-state index contributed by atoms with van der Waals surface area (Å²) in [6, 6.07) is 27.8. The van der Waals surface area contributed by atoms with E-state index in [2.05, 4.69) is 31.9 Å². The number of phenols is 1. The minimum atomic E-state index is -0.426. The second kappa shape index (κ2) is 10.6. The second-order valence-corrected chi connectivity index (χ2v) is 9.94. The smallest absolute Gasteiger partial charge is 0.289 e. The number of phenolic OH excluding ortho intramolecular Hbond substituents is 1. The molecule has 0 unspecified atom stereocenters. The molecule has 180 valence electrons. The van der Waals surface area contributed by atoms with Crippen LogP contribution in [0.3, 0.4) is 0 Å². The van der Waals surface area contributed by atoms with Gasteiger partial charge in [0.05, 0.1) is 6.07 Å². The molecule has 0 spiro atoms. The average Bonchev–Trinajstić information content (AvgIpc) is 2.87. The molecule has 1 aromatic heterocycles. The molecule has 7 heteroatoms. The molecule has 0 aliphatic heterocycles. The van der Waals surface area contributed by atoms with E-state index in [0.29, 0.717) is 5.56 Å². The molecular formula is C29H20Br2O5. The summed E-state index contributed by atoms with van der Waals surface area (Å²) in [5.74, 6) is 0.00566. The molecule has 36 heavy (non-hydrogen) atoms. The Morgan fingerprint density at radius 3 is 2.03 bits per heavy atom. The van der Waals surface area contributed by atoms with E-state index in [0.717, 1.165) is 25.6 Å². The van der Waals surface area contributed by atoms with Crippen molar-refractivity contribution in [3.63, 3.8) is 0 Å². The summed E-state index contributed by atoms with van der Waals surface area (Å²) in [5.41, 5.74) is 3.01. The molecule has 0 fully saturated rings. The van der Waals surface area contributed by atoms with Gasteiger partial charge in [0.15, 0.2) is 11.5 Å². The van der Waals surface area contributed by atoms with Crippen LogP contribution >= 0.6 is 31.9 Å². The Hall–Kier alpha value is -3.55. The zero-order chi connectivity index (χ0) is 25.1. The van der Waals surface area contributed by atoms with E-state index >= 15 is 0 Å². The van der Waals surface area contributed by atoms with Gasteiger partial charge in [-0.1, -0.05) is 86.5 Å². The predicted molar refractivity (Wildman–Crippen MR) is 147 cm³/mol. The molecule has 5 nitrogen and oxygen atoms in total. The van der Waals surface area contributed by atoms with Crippen LogP contribution in [0.5, 0.6) is 17.4 Å². The Labute approximate surface area is 224 Å². The van der Waals surface area contributed by atoms with Crippen LogP contribution in [-0.2, 0) is 13.2 Å². The number of rotatable bonds is 7. The molecule has 0 aliphatic carbocycles. The summed E-state index contributed by atoms with van der Waals surface area (Å²) in [6.07, 6.45) is 0. The fourth-order valence-electron chi connectivity index (χ4n) is 3.88. The van der Waals surface area contributed by atoms with E-state index in [1.54, 1.807) is 6.07 Å². The third-order valence-electron chi connectivity index (χ3n) is 5.55. The molecule has 0 bridgehead atoms. The van der Waals surface area contributed by atoms with E-state index in [4.69, 9.17) is 13.9 Å². The van der Waals surface area contributed by atoms with Crippen molar-refractivity contribution in [3.8, 4) is 28.6 Å². The standard InChI is InChI=1S/C29H20Br2O5/c30-21-10-4-6-18(12-21)16-34-26-15-24(32)27-25(36-26)14-23(20-8-2-1-3-9-20)29(28(27)33)35-17-19-7-5-11-22(31)13-19/h1-15,33H,16-17H2. The van der Waals surface area contributed by atoms with Gasteiger partial charge < -0.3 is 19.0 Å². The van der Waals surface area contributed by atoms with Crippen LogP contribution in [-0.4, -0.2) is 5.11 Å². The third-order valence-corrected chi connectivity index (χ3v) is 6.54. The first-order valence-corrected chi connectivity index (χ1v) is 12.7. The molecule has 0 saturated heterocycles. The molecule has 0 atom stereocenters. The number of ether oxygens (including phenoxy) is 2. The SMILES string of the molecule is O=c1cc(OCc2cccc(Br)c2)oc2cc(-c3ccccc3)c(OCc3cccc(Br)c3)c(O)c12. The van der Waals surface area contributed by atoms with Gasteiger partial charge in [0, 0.05) is 14.5 Å². The van der Waals surface area contributed by atoms with Crippen molar-refractivity contribution in [2.24, 2.45) is 0 Å². The Morgan fingerprint density at radius 1 is 0.750 bits per heavy atom. The lowest BCUT2D eigenvalue weighted by Gasteiger charge is -2.16. The number of hydrogen-bond acceptors (Lipinski definition) is 5. The quantitative estimate of drug-likeness (QED) is 0.204. The van der Waals surface area contributed by atoms with Gasteiger partial charge in [-0.15, -0.1) is 0 Å². The van der Waals surface area contributed by atoms with Crippen LogP contribution in [0.25, 0.3) is 22.1 Å². The van der Waals surface area contributed by atoms with Crippen molar-refractivity contribution < 1.29 is 19.0 Å². The molecule has 0 radical (unpaired) electrons. The highest BCUT2D eigenvalue weighted by atomic mass is 79.9. The minimum Gasteiger partial charge on any atom is -0.504 e. The van der Waals surface area contributed by atoms with E-state index in [1.165, 1.54) is 6.07 Å². The van der Waals surface area contributed by atoms with Gasteiger partial charge >= 0.3 is 0 Å². The molecule has 0 saturated carbocycles. The maximum atomic E-state index is 13.0. The van der Waals surface area contributed by atoms with Crippen molar-refractivity contribution >= 4 is 42.8 Å². The third kappa shape index (κ3) is 5.32. The summed E-state index contributed by atoms with van der Waals surface area (Å²) in [7, 11) is 0. The van der Waals surface area contributed by atoms with Crippen LogP contribution in [0.15, 0.2) is 109 Å². The molecule has 0 amide bonds. The lowest BCUT2D eigenvalue weighted by molar-refractivity contribution is 0.235. The zero-order valence-electron chi connectivity index (χ0n) is 18.9. The van der Waals surface area contributed by atoms with Crippen molar-refractivity contribution in [1.82, 2.24) is 0 Å². The average molecular weight is 608 g/mol. The van der Waals surface area contributed by atoms with Crippen molar-refractivity contribution in [2.45, 2.75) is 13.2 Å². The van der Waals surface area contributed by atoms with Gasteiger partial charge in [-0.3, -0.25) is 4.79 Å². The molecule has 4 aromatic carbocycles. The minimum absolute atomic E-state index is 0.0359. The van der Waals surface area contributed by atoms with Crippen LogP contribution in [0.4, 0.5) is 0 Å². The molecular weight excluding hydrogens is 588 g/mol. The maximum Gasteiger partial charge on any atom is 0.289 e. The number of hydrogen-bond donors (Lipinski definition) is 1. The fraction of sp³-hybridized carbons (Fsp3) is 0.0690. The Balaban J connectivity index is 1.55.